The van der Waals surface area contributed by atoms with Crippen LogP contribution in [0.15, 0.2) is 36.9 Å². The van der Waals surface area contributed by atoms with Crippen LogP contribution in [0.5, 0.6) is 0 Å². The van der Waals surface area contributed by atoms with Gasteiger partial charge in [-0.15, -0.1) is 0 Å². The molecule has 0 saturated carbocycles. The van der Waals surface area contributed by atoms with Gasteiger partial charge in [0.2, 0.25) is 0 Å². The van der Waals surface area contributed by atoms with Crippen molar-refractivity contribution in [1.29, 1.82) is 0 Å². The van der Waals surface area contributed by atoms with Crippen LogP contribution in [-0.4, -0.2) is 28.0 Å². The smallest absolute Gasteiger partial charge is 0.128 e. The van der Waals surface area contributed by atoms with E-state index in [1.807, 2.05) is 6.20 Å². The van der Waals surface area contributed by atoms with Crippen LogP contribution in [0, 0.1) is 0 Å². The molecule has 1 fully saturated rings. The molecule has 2 aromatic rings. The topological polar surface area (TPSA) is 41.9 Å². The zero-order valence-electron chi connectivity index (χ0n) is 9.58. The summed E-state index contributed by atoms with van der Waals surface area (Å²) in [4.78, 5) is 15.1. The van der Waals surface area contributed by atoms with Gasteiger partial charge >= 0.3 is 0 Å². The third-order valence-electron chi connectivity index (χ3n) is 3.04. The normalized spacial score (nSPS) is 15.2. The number of rotatable bonds is 2. The Labute approximate surface area is 100 Å². The molecule has 0 unspecified atom stereocenters. The molecule has 4 nitrogen and oxygen atoms in total. The van der Waals surface area contributed by atoms with E-state index in [1.165, 1.54) is 12.8 Å². The molecule has 0 radical (unpaired) electrons. The molecule has 3 heterocycles. The highest BCUT2D eigenvalue weighted by Crippen LogP contribution is 2.20. The molecule has 0 aliphatic carbocycles. The lowest BCUT2D eigenvalue weighted by atomic mass is 10.2. The number of nitrogens with zero attached hydrogens (tertiary/aromatic N) is 4. The van der Waals surface area contributed by atoms with Crippen LogP contribution in [0.4, 0.5) is 5.82 Å². The summed E-state index contributed by atoms with van der Waals surface area (Å²) in [5.74, 6) is 1.06. The fourth-order valence-electron chi connectivity index (χ4n) is 2.12. The molecule has 1 aliphatic heterocycles. The fraction of sp³-hybridized carbons (Fsp3) is 0.308. The average molecular weight is 226 g/mol. The van der Waals surface area contributed by atoms with E-state index in [4.69, 9.17) is 0 Å². The first-order chi connectivity index (χ1) is 8.43. The third-order valence-corrected chi connectivity index (χ3v) is 3.04. The van der Waals surface area contributed by atoms with Gasteiger partial charge < -0.3 is 4.90 Å². The summed E-state index contributed by atoms with van der Waals surface area (Å²) in [6, 6.07) is 4.12. The first kappa shape index (κ1) is 10.2. The molecule has 0 aromatic carbocycles. The Bertz CT molecular complexity index is 475. The summed E-state index contributed by atoms with van der Waals surface area (Å²) in [6.45, 7) is 2.25. The van der Waals surface area contributed by atoms with E-state index in [9.17, 15) is 0 Å². The van der Waals surface area contributed by atoms with E-state index in [2.05, 4.69) is 32.0 Å². The Kier molecular flexibility index (Phi) is 2.69. The standard InChI is InChI=1S/C13H14N4/c1-2-8-17(7-1)13-4-3-11(9-16-13)12-10-14-5-6-15-12/h3-6,9-10H,1-2,7-8H2. The van der Waals surface area contributed by atoms with Gasteiger partial charge in [0.1, 0.15) is 5.82 Å². The van der Waals surface area contributed by atoms with Crippen molar-refractivity contribution >= 4 is 5.82 Å². The molecule has 0 atom stereocenters. The van der Waals surface area contributed by atoms with Crippen LogP contribution < -0.4 is 4.90 Å². The van der Waals surface area contributed by atoms with E-state index in [0.717, 1.165) is 30.2 Å². The van der Waals surface area contributed by atoms with Crippen LogP contribution in [0.25, 0.3) is 11.3 Å². The van der Waals surface area contributed by atoms with Crippen molar-refractivity contribution in [3.05, 3.63) is 36.9 Å². The molecule has 0 spiro atoms. The van der Waals surface area contributed by atoms with Gasteiger partial charge in [0.05, 0.1) is 11.9 Å². The number of anilines is 1. The van der Waals surface area contributed by atoms with Crippen molar-refractivity contribution in [2.75, 3.05) is 18.0 Å². The molecule has 86 valence electrons. The van der Waals surface area contributed by atoms with Gasteiger partial charge in [-0.25, -0.2) is 4.98 Å². The van der Waals surface area contributed by atoms with Crippen molar-refractivity contribution in [2.45, 2.75) is 12.8 Å². The van der Waals surface area contributed by atoms with Gasteiger partial charge in [0.25, 0.3) is 0 Å². The Morgan fingerprint density at radius 3 is 2.47 bits per heavy atom. The first-order valence-electron chi connectivity index (χ1n) is 5.91. The SMILES string of the molecule is c1cnc(-c2ccc(N3CCCC3)nc2)cn1. The van der Waals surface area contributed by atoms with Gasteiger partial charge in [-0.05, 0) is 25.0 Å². The highest BCUT2D eigenvalue weighted by molar-refractivity contribution is 5.58. The molecule has 0 amide bonds. The molecule has 1 saturated heterocycles. The highest BCUT2D eigenvalue weighted by Gasteiger charge is 2.13. The van der Waals surface area contributed by atoms with Crippen molar-refractivity contribution in [1.82, 2.24) is 15.0 Å². The summed E-state index contributed by atoms with van der Waals surface area (Å²) in [7, 11) is 0. The zero-order chi connectivity index (χ0) is 11.5. The van der Waals surface area contributed by atoms with Crippen molar-refractivity contribution in [3.8, 4) is 11.3 Å². The van der Waals surface area contributed by atoms with Crippen LogP contribution in [-0.2, 0) is 0 Å². The minimum absolute atomic E-state index is 0.868. The molecular formula is C13H14N4. The lowest BCUT2D eigenvalue weighted by Crippen LogP contribution is -2.18. The summed E-state index contributed by atoms with van der Waals surface area (Å²) < 4.78 is 0. The van der Waals surface area contributed by atoms with Crippen molar-refractivity contribution in [2.24, 2.45) is 0 Å². The average Bonchev–Trinajstić information content (AvgIpc) is 2.94. The van der Waals surface area contributed by atoms with Crippen LogP contribution in [0.1, 0.15) is 12.8 Å². The summed E-state index contributed by atoms with van der Waals surface area (Å²) in [5.41, 5.74) is 1.88. The molecule has 2 aromatic heterocycles. The van der Waals surface area contributed by atoms with Gasteiger partial charge in [-0.2, -0.15) is 0 Å². The first-order valence-corrected chi connectivity index (χ1v) is 5.91. The van der Waals surface area contributed by atoms with Gasteiger partial charge in [0.15, 0.2) is 0 Å². The third kappa shape index (κ3) is 2.11. The Hall–Kier alpha value is -1.97. The number of hydrogen-bond acceptors (Lipinski definition) is 4. The van der Waals surface area contributed by atoms with Gasteiger partial charge in [-0.3, -0.25) is 9.97 Å². The monoisotopic (exact) mass is 226 g/mol. The summed E-state index contributed by atoms with van der Waals surface area (Å²) >= 11 is 0. The zero-order valence-corrected chi connectivity index (χ0v) is 9.58. The van der Waals surface area contributed by atoms with E-state index >= 15 is 0 Å². The number of hydrogen-bond donors (Lipinski definition) is 0. The summed E-state index contributed by atoms with van der Waals surface area (Å²) in [6.07, 6.45) is 9.55. The predicted molar refractivity (Wildman–Crippen MR) is 66.7 cm³/mol. The highest BCUT2D eigenvalue weighted by atomic mass is 15.2. The molecule has 3 rings (SSSR count). The van der Waals surface area contributed by atoms with Gasteiger partial charge in [-0.1, -0.05) is 0 Å². The second kappa shape index (κ2) is 4.49. The molecule has 0 N–H and O–H groups in total. The Balaban J connectivity index is 1.85. The molecule has 4 heteroatoms. The minimum atomic E-state index is 0.868. The van der Waals surface area contributed by atoms with Crippen LogP contribution in [0.3, 0.4) is 0 Å². The lowest BCUT2D eigenvalue weighted by molar-refractivity contribution is 0.938. The van der Waals surface area contributed by atoms with E-state index in [0.29, 0.717) is 0 Å². The van der Waals surface area contributed by atoms with Crippen molar-refractivity contribution < 1.29 is 0 Å². The Morgan fingerprint density at radius 1 is 0.941 bits per heavy atom. The summed E-state index contributed by atoms with van der Waals surface area (Å²) in [5, 5.41) is 0. The van der Waals surface area contributed by atoms with Crippen LogP contribution in [0.2, 0.25) is 0 Å². The second-order valence-electron chi connectivity index (χ2n) is 4.19. The maximum absolute atomic E-state index is 4.50. The minimum Gasteiger partial charge on any atom is -0.357 e. The Morgan fingerprint density at radius 2 is 1.82 bits per heavy atom. The number of pyridine rings is 1. The number of aromatic nitrogens is 3. The molecular weight excluding hydrogens is 212 g/mol. The van der Waals surface area contributed by atoms with Crippen LogP contribution >= 0.6 is 0 Å². The second-order valence-corrected chi connectivity index (χ2v) is 4.19. The van der Waals surface area contributed by atoms with Gasteiger partial charge in [0, 0.05) is 37.2 Å². The maximum Gasteiger partial charge on any atom is 0.128 e. The van der Waals surface area contributed by atoms with E-state index < -0.39 is 0 Å². The van der Waals surface area contributed by atoms with Crippen molar-refractivity contribution in [3.63, 3.8) is 0 Å². The van der Waals surface area contributed by atoms with E-state index in [-0.39, 0.29) is 0 Å². The van der Waals surface area contributed by atoms with E-state index in [1.54, 1.807) is 18.6 Å². The maximum atomic E-state index is 4.50. The predicted octanol–water partition coefficient (Wildman–Crippen LogP) is 2.14. The molecule has 1 aliphatic rings. The lowest BCUT2D eigenvalue weighted by Gasteiger charge is -2.16. The molecule has 17 heavy (non-hydrogen) atoms. The fourth-order valence-corrected chi connectivity index (χ4v) is 2.12. The largest absolute Gasteiger partial charge is 0.357 e. The molecule has 0 bridgehead atoms. The quantitative estimate of drug-likeness (QED) is 0.786.